The summed E-state index contributed by atoms with van der Waals surface area (Å²) in [5.74, 6) is 1.14. The Labute approximate surface area is 104 Å². The van der Waals surface area contributed by atoms with Crippen molar-refractivity contribution in [3.63, 3.8) is 0 Å². The van der Waals surface area contributed by atoms with Crippen molar-refractivity contribution in [1.82, 2.24) is 10.1 Å². The van der Waals surface area contributed by atoms with E-state index in [1.54, 1.807) is 6.07 Å². The largest absolute Gasteiger partial charge is 0.398 e. The van der Waals surface area contributed by atoms with Gasteiger partial charge in [-0.3, -0.25) is 0 Å². The number of benzene rings is 1. The van der Waals surface area contributed by atoms with Gasteiger partial charge in [-0.05, 0) is 31.0 Å². The monoisotopic (exact) mass is 247 g/mol. The molecular weight excluding hydrogens is 233 g/mol. The van der Waals surface area contributed by atoms with Crippen molar-refractivity contribution in [3.8, 4) is 11.5 Å². The summed E-state index contributed by atoms with van der Waals surface area (Å²) in [6.45, 7) is 0. The van der Waals surface area contributed by atoms with Crippen LogP contribution in [0.3, 0.4) is 0 Å². The van der Waals surface area contributed by atoms with E-state index < -0.39 is 0 Å². The summed E-state index contributed by atoms with van der Waals surface area (Å²) in [4.78, 5) is 4.37. The molecule has 3 rings (SSSR count). The van der Waals surface area contributed by atoms with E-state index in [4.69, 9.17) is 10.3 Å². The van der Waals surface area contributed by atoms with Gasteiger partial charge in [0.05, 0.1) is 5.56 Å². The zero-order valence-electron chi connectivity index (χ0n) is 9.90. The van der Waals surface area contributed by atoms with Crippen molar-refractivity contribution in [2.24, 2.45) is 0 Å². The summed E-state index contributed by atoms with van der Waals surface area (Å²) in [7, 11) is 0. The van der Waals surface area contributed by atoms with Gasteiger partial charge in [0, 0.05) is 11.6 Å². The van der Waals surface area contributed by atoms with Crippen molar-refractivity contribution in [3.05, 3.63) is 29.8 Å². The Hall–Kier alpha value is -1.91. The van der Waals surface area contributed by atoms with Crippen LogP contribution in [-0.4, -0.2) is 10.1 Å². The third-order valence-corrected chi connectivity index (χ3v) is 3.41. The van der Waals surface area contributed by atoms with Gasteiger partial charge in [-0.15, -0.1) is 0 Å². The average Bonchev–Trinajstić information content (AvgIpc) is 2.99. The van der Waals surface area contributed by atoms with Crippen LogP contribution < -0.4 is 5.73 Å². The standard InChI is InChI=1S/C13H14FN3O/c14-9-5-6-10(11(15)7-9)13-16-12(17-18-13)8-3-1-2-4-8/h5-8H,1-4,15H2. The van der Waals surface area contributed by atoms with Gasteiger partial charge in [0.25, 0.3) is 5.89 Å². The number of hydrogen-bond donors (Lipinski definition) is 1. The summed E-state index contributed by atoms with van der Waals surface area (Å²) < 4.78 is 18.2. The molecule has 0 radical (unpaired) electrons. The van der Waals surface area contributed by atoms with Crippen LogP contribution in [0.5, 0.6) is 0 Å². The van der Waals surface area contributed by atoms with Crippen LogP contribution in [0.1, 0.15) is 37.4 Å². The molecule has 18 heavy (non-hydrogen) atoms. The molecule has 2 N–H and O–H groups in total. The first-order valence-electron chi connectivity index (χ1n) is 6.13. The van der Waals surface area contributed by atoms with E-state index in [0.29, 0.717) is 23.1 Å². The third kappa shape index (κ3) is 1.96. The second kappa shape index (κ2) is 4.40. The lowest BCUT2D eigenvalue weighted by Crippen LogP contribution is -1.95. The molecule has 0 atom stereocenters. The molecule has 0 saturated heterocycles. The Morgan fingerprint density at radius 1 is 1.28 bits per heavy atom. The van der Waals surface area contributed by atoms with Gasteiger partial charge >= 0.3 is 0 Å². The predicted octanol–water partition coefficient (Wildman–Crippen LogP) is 3.12. The third-order valence-electron chi connectivity index (χ3n) is 3.41. The molecule has 1 heterocycles. The minimum Gasteiger partial charge on any atom is -0.398 e. The number of hydrogen-bond acceptors (Lipinski definition) is 4. The lowest BCUT2D eigenvalue weighted by Gasteiger charge is -2.01. The van der Waals surface area contributed by atoms with Crippen LogP contribution in [0.15, 0.2) is 22.7 Å². The molecule has 0 aliphatic heterocycles. The predicted molar refractivity (Wildman–Crippen MR) is 65.3 cm³/mol. The fraction of sp³-hybridized carbons (Fsp3) is 0.385. The highest BCUT2D eigenvalue weighted by Gasteiger charge is 2.23. The maximum absolute atomic E-state index is 13.0. The van der Waals surface area contributed by atoms with E-state index in [2.05, 4.69) is 10.1 Å². The average molecular weight is 247 g/mol. The fourth-order valence-corrected chi connectivity index (χ4v) is 2.42. The van der Waals surface area contributed by atoms with Crippen LogP contribution in [0.25, 0.3) is 11.5 Å². The summed E-state index contributed by atoms with van der Waals surface area (Å²) in [5.41, 5.74) is 6.66. The van der Waals surface area contributed by atoms with E-state index in [9.17, 15) is 4.39 Å². The molecular formula is C13H14FN3O. The van der Waals surface area contributed by atoms with Gasteiger partial charge in [0.1, 0.15) is 5.82 Å². The smallest absolute Gasteiger partial charge is 0.260 e. The molecule has 1 aromatic carbocycles. The number of rotatable bonds is 2. The van der Waals surface area contributed by atoms with Gasteiger partial charge < -0.3 is 10.3 Å². The minimum atomic E-state index is -0.369. The van der Waals surface area contributed by atoms with Gasteiger partial charge in [-0.2, -0.15) is 4.98 Å². The topological polar surface area (TPSA) is 64.9 Å². The Bertz CT molecular complexity index is 561. The summed E-state index contributed by atoms with van der Waals surface area (Å²) >= 11 is 0. The number of nitrogens with two attached hydrogens (primary N) is 1. The molecule has 1 aliphatic carbocycles. The van der Waals surface area contributed by atoms with Crippen LogP contribution in [0.2, 0.25) is 0 Å². The maximum Gasteiger partial charge on any atom is 0.260 e. The van der Waals surface area contributed by atoms with Gasteiger partial charge in [0.2, 0.25) is 0 Å². The zero-order chi connectivity index (χ0) is 12.5. The van der Waals surface area contributed by atoms with Crippen molar-refractivity contribution >= 4 is 5.69 Å². The fourth-order valence-electron chi connectivity index (χ4n) is 2.42. The van der Waals surface area contributed by atoms with Crippen LogP contribution in [0, 0.1) is 5.82 Å². The number of nitrogens with zero attached hydrogens (tertiary/aromatic N) is 2. The number of anilines is 1. The number of nitrogen functional groups attached to an aromatic ring is 1. The Balaban J connectivity index is 1.92. The Morgan fingerprint density at radius 3 is 2.78 bits per heavy atom. The molecule has 1 aromatic heterocycles. The lowest BCUT2D eigenvalue weighted by molar-refractivity contribution is 0.416. The SMILES string of the molecule is Nc1cc(F)ccc1-c1nc(C2CCCC2)no1. The Morgan fingerprint density at radius 2 is 2.06 bits per heavy atom. The van der Waals surface area contributed by atoms with Gasteiger partial charge in [-0.1, -0.05) is 18.0 Å². The van der Waals surface area contributed by atoms with E-state index in [0.717, 1.165) is 18.7 Å². The molecule has 4 nitrogen and oxygen atoms in total. The summed E-state index contributed by atoms with van der Waals surface area (Å²) in [6, 6.07) is 4.16. The minimum absolute atomic E-state index is 0.316. The van der Waals surface area contributed by atoms with E-state index >= 15 is 0 Å². The molecule has 94 valence electrons. The quantitative estimate of drug-likeness (QED) is 0.828. The second-order valence-electron chi connectivity index (χ2n) is 4.67. The molecule has 1 fully saturated rings. The maximum atomic E-state index is 13.0. The second-order valence-corrected chi connectivity index (χ2v) is 4.67. The molecule has 5 heteroatoms. The van der Waals surface area contributed by atoms with E-state index in [1.165, 1.54) is 25.0 Å². The summed E-state index contributed by atoms with van der Waals surface area (Å²) in [6.07, 6.45) is 4.65. The molecule has 0 unspecified atom stereocenters. The first-order valence-corrected chi connectivity index (χ1v) is 6.13. The highest BCUT2D eigenvalue weighted by Crippen LogP contribution is 2.34. The van der Waals surface area contributed by atoms with Crippen LogP contribution in [-0.2, 0) is 0 Å². The van der Waals surface area contributed by atoms with Crippen LogP contribution >= 0.6 is 0 Å². The normalized spacial score (nSPS) is 16.3. The van der Waals surface area contributed by atoms with Gasteiger partial charge in [-0.25, -0.2) is 4.39 Å². The van der Waals surface area contributed by atoms with Crippen LogP contribution in [0.4, 0.5) is 10.1 Å². The summed E-state index contributed by atoms with van der Waals surface area (Å²) in [5, 5.41) is 4.00. The van der Waals surface area contributed by atoms with Crippen molar-refractivity contribution < 1.29 is 8.91 Å². The number of aromatic nitrogens is 2. The molecule has 1 aliphatic rings. The molecule has 0 spiro atoms. The highest BCUT2D eigenvalue weighted by molar-refractivity contribution is 5.70. The number of halogens is 1. The van der Waals surface area contributed by atoms with E-state index in [1.807, 2.05) is 0 Å². The highest BCUT2D eigenvalue weighted by atomic mass is 19.1. The molecule has 2 aromatic rings. The van der Waals surface area contributed by atoms with Crippen molar-refractivity contribution in [2.45, 2.75) is 31.6 Å². The zero-order valence-corrected chi connectivity index (χ0v) is 9.90. The van der Waals surface area contributed by atoms with Crippen molar-refractivity contribution in [1.29, 1.82) is 0 Å². The van der Waals surface area contributed by atoms with Gasteiger partial charge in [0.15, 0.2) is 5.82 Å². The van der Waals surface area contributed by atoms with Crippen molar-refractivity contribution in [2.75, 3.05) is 5.73 Å². The first-order chi connectivity index (χ1) is 8.74. The lowest BCUT2D eigenvalue weighted by atomic mass is 10.1. The Kier molecular flexibility index (Phi) is 2.74. The molecule has 1 saturated carbocycles. The molecule has 0 amide bonds. The molecule has 0 bridgehead atoms. The first kappa shape index (κ1) is 11.2. The van der Waals surface area contributed by atoms with E-state index in [-0.39, 0.29) is 5.82 Å².